The van der Waals surface area contributed by atoms with Crippen molar-refractivity contribution in [2.75, 3.05) is 13.4 Å². The Labute approximate surface area is 183 Å². The van der Waals surface area contributed by atoms with E-state index in [2.05, 4.69) is 4.98 Å². The lowest BCUT2D eigenvalue weighted by atomic mass is 10.0. The lowest BCUT2D eigenvalue weighted by Crippen LogP contribution is -2.50. The summed E-state index contributed by atoms with van der Waals surface area (Å²) < 4.78 is 43.0. The number of rotatable bonds is 7. The summed E-state index contributed by atoms with van der Waals surface area (Å²) in [6.07, 6.45) is 1.84. The zero-order chi connectivity index (χ0) is 23.7. The second kappa shape index (κ2) is 8.67. The molecule has 2 aromatic carbocycles. The van der Waals surface area contributed by atoms with Crippen LogP contribution in [0.3, 0.4) is 0 Å². The molecule has 0 saturated heterocycles. The minimum absolute atomic E-state index is 0.0896. The average Bonchev–Trinajstić information content (AvgIpc) is 2.77. The molecule has 0 fully saturated rings. The van der Waals surface area contributed by atoms with Gasteiger partial charge in [0.25, 0.3) is 11.5 Å². The Morgan fingerprint density at radius 2 is 2.03 bits per heavy atom. The molecule has 0 aliphatic rings. The average molecular weight is 463 g/mol. The highest BCUT2D eigenvalue weighted by molar-refractivity contribution is 7.92. The van der Waals surface area contributed by atoms with Crippen molar-refractivity contribution in [2.45, 2.75) is 24.6 Å². The molecule has 1 amide bonds. The fraction of sp³-hybridized carbons (Fsp3) is 0.286. The molecule has 9 nitrogen and oxygen atoms in total. The summed E-state index contributed by atoms with van der Waals surface area (Å²) in [5.74, 6) is -1.54. The topological polar surface area (TPSA) is 128 Å². The lowest BCUT2D eigenvalue weighted by Gasteiger charge is -2.25. The summed E-state index contributed by atoms with van der Waals surface area (Å²) in [5, 5.41) is 9.16. The van der Waals surface area contributed by atoms with Crippen molar-refractivity contribution >= 4 is 26.6 Å². The molecule has 2 N–H and O–H groups in total. The third-order valence-corrected chi connectivity index (χ3v) is 7.58. The molecule has 1 heterocycles. The Kier molecular flexibility index (Phi) is 6.33. The van der Waals surface area contributed by atoms with Crippen molar-refractivity contribution in [3.8, 4) is 16.9 Å². The second-order valence-electron chi connectivity index (χ2n) is 7.49. The van der Waals surface area contributed by atoms with Crippen LogP contribution in [0, 0.1) is 5.82 Å². The summed E-state index contributed by atoms with van der Waals surface area (Å²) in [6.45, 7) is 1.04. The molecule has 0 unspecified atom stereocenters. The van der Waals surface area contributed by atoms with Gasteiger partial charge in [-0.15, -0.1) is 0 Å². The van der Waals surface area contributed by atoms with E-state index in [1.165, 1.54) is 42.5 Å². The quantitative estimate of drug-likeness (QED) is 0.405. The molecular formula is C21H22FN3O6S. The molecule has 0 aliphatic carbocycles. The van der Waals surface area contributed by atoms with E-state index < -0.39 is 31.9 Å². The molecule has 0 radical (unpaired) electrons. The molecule has 11 heteroatoms. The van der Waals surface area contributed by atoms with Gasteiger partial charge in [0.05, 0.1) is 24.3 Å². The van der Waals surface area contributed by atoms with Crippen molar-refractivity contribution in [2.24, 2.45) is 0 Å². The third kappa shape index (κ3) is 4.08. The number of fused-ring (bicyclic) bond motifs is 1. The van der Waals surface area contributed by atoms with Crippen LogP contribution in [0.1, 0.15) is 13.3 Å². The van der Waals surface area contributed by atoms with Crippen LogP contribution in [0.15, 0.2) is 47.5 Å². The Bertz CT molecular complexity index is 1360. The molecule has 3 rings (SSSR count). The van der Waals surface area contributed by atoms with E-state index in [0.717, 1.165) is 6.26 Å². The summed E-state index contributed by atoms with van der Waals surface area (Å²) in [5.41, 5.74) is 2.03. The van der Waals surface area contributed by atoms with Gasteiger partial charge >= 0.3 is 0 Å². The number of ether oxygens (including phenoxy) is 1. The van der Waals surface area contributed by atoms with Gasteiger partial charge in [-0.25, -0.2) is 23.3 Å². The number of sulfone groups is 1. The number of methoxy groups -OCH3 is 1. The van der Waals surface area contributed by atoms with Crippen LogP contribution < -0.4 is 15.8 Å². The maximum absolute atomic E-state index is 14.6. The molecule has 3 aromatic rings. The van der Waals surface area contributed by atoms with Gasteiger partial charge in [-0.05, 0) is 37.1 Å². The number of amides is 1. The molecule has 0 bridgehead atoms. The highest BCUT2D eigenvalue weighted by Crippen LogP contribution is 2.30. The Balaban J connectivity index is 1.98. The fourth-order valence-electron chi connectivity index (χ4n) is 3.30. The number of benzene rings is 2. The Morgan fingerprint density at radius 1 is 1.31 bits per heavy atom. The van der Waals surface area contributed by atoms with Gasteiger partial charge in [0.15, 0.2) is 26.2 Å². The number of hydrogen-bond donors (Lipinski definition) is 2. The highest BCUT2D eigenvalue weighted by atomic mass is 32.2. The zero-order valence-corrected chi connectivity index (χ0v) is 18.4. The number of hydroxylamine groups is 1. The van der Waals surface area contributed by atoms with Crippen LogP contribution in [0.4, 0.5) is 4.39 Å². The van der Waals surface area contributed by atoms with Crippen LogP contribution in [-0.4, -0.2) is 47.2 Å². The minimum atomic E-state index is -3.90. The molecule has 1 atom stereocenters. The van der Waals surface area contributed by atoms with Crippen molar-refractivity contribution < 1.29 is 27.5 Å². The first-order chi connectivity index (χ1) is 15.0. The summed E-state index contributed by atoms with van der Waals surface area (Å²) in [7, 11) is -2.53. The van der Waals surface area contributed by atoms with E-state index in [1.807, 2.05) is 0 Å². The van der Waals surface area contributed by atoms with E-state index in [9.17, 15) is 22.4 Å². The van der Waals surface area contributed by atoms with Gasteiger partial charge in [-0.2, -0.15) is 0 Å². The van der Waals surface area contributed by atoms with Gasteiger partial charge in [-0.1, -0.05) is 18.2 Å². The van der Waals surface area contributed by atoms with Crippen LogP contribution in [0.2, 0.25) is 0 Å². The van der Waals surface area contributed by atoms with Crippen molar-refractivity contribution in [1.29, 1.82) is 0 Å². The van der Waals surface area contributed by atoms with E-state index in [1.54, 1.807) is 24.3 Å². The first-order valence-electron chi connectivity index (χ1n) is 9.49. The first kappa shape index (κ1) is 23.4. The van der Waals surface area contributed by atoms with E-state index >= 15 is 0 Å². The Morgan fingerprint density at radius 3 is 2.66 bits per heavy atom. The molecule has 0 saturated carbocycles. The standard InChI is InChI=1S/C21H22FN3O6S/c1-21(20(27)24-28,32(3,29)30)9-10-25-12-23-16-11-13(7-8-15(16)19(25)26)14-5-4-6-17(31-2)18(14)22/h4-8,11-12,28H,9-10H2,1-3H3,(H,24,27)/t21-/m0/s1. The van der Waals surface area contributed by atoms with Gasteiger partial charge in [-0.3, -0.25) is 19.4 Å². The number of nitrogens with zero attached hydrogens (tertiary/aromatic N) is 2. The van der Waals surface area contributed by atoms with Crippen LogP contribution in [-0.2, 0) is 21.2 Å². The fourth-order valence-corrected chi connectivity index (χ4v) is 4.14. The van der Waals surface area contributed by atoms with Crippen LogP contribution in [0.5, 0.6) is 5.75 Å². The van der Waals surface area contributed by atoms with Gasteiger partial charge < -0.3 is 4.74 Å². The van der Waals surface area contributed by atoms with Gasteiger partial charge in [0, 0.05) is 18.4 Å². The molecule has 32 heavy (non-hydrogen) atoms. The maximum Gasteiger partial charge on any atom is 0.264 e. The van der Waals surface area contributed by atoms with Crippen LogP contribution in [0.25, 0.3) is 22.0 Å². The smallest absolute Gasteiger partial charge is 0.264 e. The summed E-state index contributed by atoms with van der Waals surface area (Å²) in [6, 6.07) is 9.38. The molecule has 170 valence electrons. The Hall–Kier alpha value is -3.31. The van der Waals surface area contributed by atoms with Gasteiger partial charge in [0.2, 0.25) is 0 Å². The number of halogens is 1. The number of carbonyl (C=O) groups excluding carboxylic acids is 1. The van der Waals surface area contributed by atoms with Gasteiger partial charge in [0.1, 0.15) is 0 Å². The van der Waals surface area contributed by atoms with Crippen molar-refractivity contribution in [3.05, 3.63) is 58.9 Å². The molecule has 0 aliphatic heterocycles. The molecular weight excluding hydrogens is 441 g/mol. The van der Waals surface area contributed by atoms with Crippen molar-refractivity contribution in [1.82, 2.24) is 15.0 Å². The first-order valence-corrected chi connectivity index (χ1v) is 11.4. The van der Waals surface area contributed by atoms with E-state index in [-0.39, 0.29) is 29.7 Å². The number of aryl methyl sites for hydroxylation is 1. The predicted molar refractivity (Wildman–Crippen MR) is 116 cm³/mol. The summed E-state index contributed by atoms with van der Waals surface area (Å²) >= 11 is 0. The zero-order valence-electron chi connectivity index (χ0n) is 17.6. The van der Waals surface area contributed by atoms with Crippen molar-refractivity contribution in [3.63, 3.8) is 0 Å². The van der Waals surface area contributed by atoms with E-state index in [4.69, 9.17) is 9.94 Å². The largest absolute Gasteiger partial charge is 0.494 e. The highest BCUT2D eigenvalue weighted by Gasteiger charge is 2.43. The molecule has 1 aromatic heterocycles. The maximum atomic E-state index is 14.6. The third-order valence-electron chi connectivity index (χ3n) is 5.55. The summed E-state index contributed by atoms with van der Waals surface area (Å²) in [4.78, 5) is 29.1. The number of aromatic nitrogens is 2. The SMILES string of the molecule is COc1cccc(-c2ccc3c(=O)n(CC[C@@](C)(C(=O)NO)S(C)(=O)=O)cnc3c2)c1F. The number of hydrogen-bond acceptors (Lipinski definition) is 7. The number of nitrogens with one attached hydrogen (secondary N) is 1. The van der Waals surface area contributed by atoms with Crippen LogP contribution >= 0.6 is 0 Å². The predicted octanol–water partition coefficient (Wildman–Crippen LogP) is 1.91. The normalized spacial score (nSPS) is 13.5. The molecule has 0 spiro atoms. The minimum Gasteiger partial charge on any atom is -0.494 e. The number of carbonyl (C=O) groups is 1. The lowest BCUT2D eigenvalue weighted by molar-refractivity contribution is -0.131. The monoisotopic (exact) mass is 463 g/mol. The van der Waals surface area contributed by atoms with E-state index in [0.29, 0.717) is 11.1 Å². The second-order valence-corrected chi connectivity index (χ2v) is 9.94.